The molecule has 1 aliphatic carbocycles. The van der Waals surface area contributed by atoms with Crippen molar-refractivity contribution in [3.8, 4) is 0 Å². The van der Waals surface area contributed by atoms with Crippen molar-refractivity contribution in [1.82, 2.24) is 5.32 Å². The number of halogens is 1. The molecule has 1 saturated carbocycles. The molecular weight excluding hydrogens is 328 g/mol. The van der Waals surface area contributed by atoms with E-state index in [-0.39, 0.29) is 29.5 Å². The fourth-order valence-electron chi connectivity index (χ4n) is 2.41. The van der Waals surface area contributed by atoms with Crippen molar-refractivity contribution in [2.24, 2.45) is 0 Å². The van der Waals surface area contributed by atoms with Gasteiger partial charge in [-0.25, -0.2) is 0 Å². The fraction of sp³-hybridized carbons (Fsp3) is 0.333. The summed E-state index contributed by atoms with van der Waals surface area (Å²) < 4.78 is 5.30. The van der Waals surface area contributed by atoms with Crippen LogP contribution in [0, 0.1) is 0 Å². The van der Waals surface area contributed by atoms with Crippen LogP contribution in [0.4, 0.5) is 5.69 Å². The van der Waals surface area contributed by atoms with Gasteiger partial charge < -0.3 is 15.1 Å². The summed E-state index contributed by atoms with van der Waals surface area (Å²) in [6, 6.07) is 6.87. The van der Waals surface area contributed by atoms with E-state index in [1.54, 1.807) is 24.3 Å². The number of rotatable bonds is 5. The first-order chi connectivity index (χ1) is 11.5. The van der Waals surface area contributed by atoms with Crippen molar-refractivity contribution in [3.05, 3.63) is 52.4 Å². The van der Waals surface area contributed by atoms with Gasteiger partial charge in [0.25, 0.3) is 11.8 Å². The summed E-state index contributed by atoms with van der Waals surface area (Å²) in [5, 5.41) is 6.00. The summed E-state index contributed by atoms with van der Waals surface area (Å²) >= 11 is 6.11. The van der Waals surface area contributed by atoms with Gasteiger partial charge >= 0.3 is 0 Å². The van der Waals surface area contributed by atoms with Gasteiger partial charge in [0, 0.05) is 17.3 Å². The smallest absolute Gasteiger partial charge is 0.291 e. The lowest BCUT2D eigenvalue weighted by Gasteiger charge is -2.10. The zero-order valence-electron chi connectivity index (χ0n) is 13.6. The Bertz CT molecular complexity index is 778. The highest BCUT2D eigenvalue weighted by atomic mass is 35.5. The van der Waals surface area contributed by atoms with Crippen molar-refractivity contribution < 1.29 is 14.0 Å². The van der Waals surface area contributed by atoms with Crippen LogP contribution in [-0.2, 0) is 0 Å². The molecule has 0 atom stereocenters. The Morgan fingerprint density at radius 2 is 1.96 bits per heavy atom. The van der Waals surface area contributed by atoms with Crippen LogP contribution in [0.5, 0.6) is 0 Å². The predicted octanol–water partition coefficient (Wildman–Crippen LogP) is 4.20. The number of furan rings is 1. The summed E-state index contributed by atoms with van der Waals surface area (Å²) in [7, 11) is 0. The van der Waals surface area contributed by atoms with Crippen LogP contribution in [0.25, 0.3) is 0 Å². The van der Waals surface area contributed by atoms with E-state index in [0.717, 1.165) is 18.4 Å². The molecule has 0 aliphatic heterocycles. The molecule has 0 unspecified atom stereocenters. The van der Waals surface area contributed by atoms with Crippen molar-refractivity contribution in [2.45, 2.75) is 38.6 Å². The Labute approximate surface area is 145 Å². The first kappa shape index (κ1) is 16.6. The first-order valence-corrected chi connectivity index (χ1v) is 8.32. The van der Waals surface area contributed by atoms with E-state index >= 15 is 0 Å². The molecule has 0 spiro atoms. The number of hydrogen-bond donors (Lipinski definition) is 2. The van der Waals surface area contributed by atoms with E-state index in [0.29, 0.717) is 16.3 Å². The average molecular weight is 347 g/mol. The Balaban J connectivity index is 1.78. The molecule has 2 N–H and O–H groups in total. The number of carbonyl (C=O) groups excluding carboxylic acids is 2. The molecule has 0 bridgehead atoms. The number of nitrogens with one attached hydrogen (secondary N) is 2. The minimum absolute atomic E-state index is 0.176. The number of carbonyl (C=O) groups is 2. The van der Waals surface area contributed by atoms with Gasteiger partial charge in [-0.15, -0.1) is 0 Å². The number of benzene rings is 1. The van der Waals surface area contributed by atoms with Gasteiger partial charge in [-0.2, -0.15) is 0 Å². The molecule has 5 nitrogen and oxygen atoms in total. The highest BCUT2D eigenvalue weighted by Crippen LogP contribution is 2.25. The zero-order chi connectivity index (χ0) is 17.3. The molecule has 1 aromatic carbocycles. The maximum absolute atomic E-state index is 12.4. The number of amides is 2. The molecule has 1 aliphatic rings. The molecule has 1 aromatic heterocycles. The second kappa shape index (κ2) is 6.69. The summed E-state index contributed by atoms with van der Waals surface area (Å²) in [5.74, 6) is -0.113. The van der Waals surface area contributed by atoms with Crippen LogP contribution < -0.4 is 10.6 Å². The van der Waals surface area contributed by atoms with E-state index in [1.165, 1.54) is 6.26 Å². The lowest BCUT2D eigenvalue weighted by molar-refractivity contribution is 0.0949. The maximum Gasteiger partial charge on any atom is 0.291 e. The quantitative estimate of drug-likeness (QED) is 0.852. The van der Waals surface area contributed by atoms with Crippen LogP contribution in [0.1, 0.15) is 59.1 Å². The third-order valence-electron chi connectivity index (χ3n) is 3.91. The molecule has 0 saturated heterocycles. The van der Waals surface area contributed by atoms with Crippen molar-refractivity contribution >= 4 is 29.1 Å². The molecular formula is C18H19ClN2O3. The van der Waals surface area contributed by atoms with Gasteiger partial charge in [-0.3, -0.25) is 9.59 Å². The van der Waals surface area contributed by atoms with Crippen molar-refractivity contribution in [2.75, 3.05) is 5.32 Å². The van der Waals surface area contributed by atoms with E-state index in [4.69, 9.17) is 16.0 Å². The molecule has 24 heavy (non-hydrogen) atoms. The largest absolute Gasteiger partial charge is 0.459 e. The van der Waals surface area contributed by atoms with Gasteiger partial charge in [0.05, 0.1) is 16.8 Å². The third kappa shape index (κ3) is 3.62. The number of hydrogen-bond acceptors (Lipinski definition) is 3. The minimum atomic E-state index is -0.348. The second-order valence-electron chi connectivity index (χ2n) is 6.26. The molecule has 3 rings (SSSR count). The zero-order valence-corrected chi connectivity index (χ0v) is 14.3. The topological polar surface area (TPSA) is 71.3 Å². The van der Waals surface area contributed by atoms with E-state index in [9.17, 15) is 9.59 Å². The van der Waals surface area contributed by atoms with E-state index < -0.39 is 0 Å². The molecule has 0 radical (unpaired) electrons. The Morgan fingerprint density at radius 1 is 1.21 bits per heavy atom. The Morgan fingerprint density at radius 3 is 2.62 bits per heavy atom. The summed E-state index contributed by atoms with van der Waals surface area (Å²) in [6.07, 6.45) is 3.49. The van der Waals surface area contributed by atoms with Crippen LogP contribution in [-0.4, -0.2) is 17.9 Å². The van der Waals surface area contributed by atoms with Crippen molar-refractivity contribution in [3.63, 3.8) is 0 Å². The molecule has 2 amide bonds. The van der Waals surface area contributed by atoms with Crippen LogP contribution in [0.3, 0.4) is 0 Å². The summed E-state index contributed by atoms with van der Waals surface area (Å²) in [5.41, 5.74) is 1.69. The second-order valence-corrected chi connectivity index (χ2v) is 6.66. The molecule has 6 heteroatoms. The van der Waals surface area contributed by atoms with E-state index in [2.05, 4.69) is 10.6 Å². The monoisotopic (exact) mass is 346 g/mol. The summed E-state index contributed by atoms with van der Waals surface area (Å²) in [6.45, 7) is 3.98. The molecule has 126 valence electrons. The lowest BCUT2D eigenvalue weighted by Crippen LogP contribution is -2.25. The normalized spacial score (nSPS) is 13.8. The molecule has 1 heterocycles. The minimum Gasteiger partial charge on any atom is -0.459 e. The molecule has 1 fully saturated rings. The summed E-state index contributed by atoms with van der Waals surface area (Å²) in [4.78, 5) is 24.6. The van der Waals surface area contributed by atoms with Gasteiger partial charge in [-0.1, -0.05) is 25.4 Å². The number of anilines is 1. The Kier molecular flexibility index (Phi) is 4.62. The maximum atomic E-state index is 12.4. The highest BCUT2D eigenvalue weighted by Gasteiger charge is 2.25. The van der Waals surface area contributed by atoms with Crippen LogP contribution >= 0.6 is 11.6 Å². The highest BCUT2D eigenvalue weighted by molar-refractivity contribution is 6.34. The van der Waals surface area contributed by atoms with Gasteiger partial charge in [0.2, 0.25) is 0 Å². The van der Waals surface area contributed by atoms with Gasteiger partial charge in [0.1, 0.15) is 0 Å². The van der Waals surface area contributed by atoms with E-state index in [1.807, 2.05) is 13.8 Å². The lowest BCUT2D eigenvalue weighted by atomic mass is 10.0. The first-order valence-electron chi connectivity index (χ1n) is 7.95. The predicted molar refractivity (Wildman–Crippen MR) is 92.7 cm³/mol. The van der Waals surface area contributed by atoms with Crippen molar-refractivity contribution in [1.29, 1.82) is 0 Å². The van der Waals surface area contributed by atoms with Crippen LogP contribution in [0.15, 0.2) is 34.9 Å². The third-order valence-corrected chi connectivity index (χ3v) is 4.23. The Hall–Kier alpha value is -2.27. The fourth-order valence-corrected chi connectivity index (χ4v) is 2.62. The SMILES string of the molecule is CC(C)c1ccoc1C(=O)Nc1ccc(Cl)c(C(=O)NC2CC2)c1. The van der Waals surface area contributed by atoms with Gasteiger partial charge in [-0.05, 0) is 43.0 Å². The van der Waals surface area contributed by atoms with Gasteiger partial charge in [0.15, 0.2) is 5.76 Å². The van der Waals surface area contributed by atoms with Crippen LogP contribution in [0.2, 0.25) is 5.02 Å². The molecule has 2 aromatic rings. The standard InChI is InChI=1S/C18H19ClN2O3/c1-10(2)13-7-8-24-16(13)18(23)21-12-5-6-15(19)14(9-12)17(22)20-11-3-4-11/h5-11H,3-4H2,1-2H3,(H,20,22)(H,21,23). The average Bonchev–Trinajstić information content (AvgIpc) is 3.20.